The second kappa shape index (κ2) is 12.8. The van der Waals surface area contributed by atoms with E-state index < -0.39 is 20.1 Å². The molecule has 8 nitrogen and oxygen atoms in total. The number of anilines is 1. The summed E-state index contributed by atoms with van der Waals surface area (Å²) in [5.41, 5.74) is 3.34. The number of para-hydroxylation sites is 1. The van der Waals surface area contributed by atoms with Crippen LogP contribution in [0.5, 0.6) is 5.75 Å². The van der Waals surface area contributed by atoms with E-state index in [1.807, 2.05) is 25.1 Å². The Bertz CT molecular complexity index is 1140. The maximum absolute atomic E-state index is 11.3. The number of carbonyl (C=O) groups is 2. The van der Waals surface area contributed by atoms with Gasteiger partial charge in [-0.2, -0.15) is 0 Å². The quantitative estimate of drug-likeness (QED) is 0.210. The first-order valence-electron chi connectivity index (χ1n) is 10.6. The minimum Gasteiger partial charge on any atom is -0.466 e. The first-order chi connectivity index (χ1) is 16.1. The summed E-state index contributed by atoms with van der Waals surface area (Å²) < 4.78 is 33.7. The van der Waals surface area contributed by atoms with Gasteiger partial charge in [0.25, 0.3) is 0 Å². The molecule has 0 heterocycles. The van der Waals surface area contributed by atoms with Crippen LogP contribution in [-0.4, -0.2) is 46.0 Å². The van der Waals surface area contributed by atoms with Gasteiger partial charge in [-0.05, 0) is 30.0 Å². The fourth-order valence-corrected chi connectivity index (χ4v) is 4.61. The molecule has 0 radical (unpaired) electrons. The molecule has 0 fully saturated rings. The molecular weight excluding hydrogens is 501 g/mol. The molecule has 180 valence electrons. The summed E-state index contributed by atoms with van der Waals surface area (Å²) in [5, 5.41) is 11.5. The molecule has 0 saturated carbocycles. The standard InChI is InChI=1S/C17H18O2.C8H10AsNO5/c1-2-19-17(18)13-10-14-8-11-16(12-9-14)15-6-4-3-5-7-15;1-5(11)10-8-6(9(13,14)15)3-2-4-7(8)12/h3-9,11-12H,2,10,13H2,1H3;2-4,12H,1H3,(H,10,11)(H2,13,14,15). The van der Waals surface area contributed by atoms with Crippen LogP contribution in [-0.2, 0) is 24.5 Å². The number of aromatic hydroxyl groups is 1. The van der Waals surface area contributed by atoms with Crippen LogP contribution in [0.2, 0.25) is 0 Å². The maximum Gasteiger partial charge on any atom is 0.306 e. The van der Waals surface area contributed by atoms with Crippen molar-refractivity contribution in [3.05, 3.63) is 78.4 Å². The van der Waals surface area contributed by atoms with Gasteiger partial charge in [-0.3, -0.25) is 4.79 Å². The summed E-state index contributed by atoms with van der Waals surface area (Å²) in [4.78, 5) is 22.1. The van der Waals surface area contributed by atoms with E-state index in [0.29, 0.717) is 13.0 Å². The van der Waals surface area contributed by atoms with E-state index in [1.54, 1.807) is 0 Å². The van der Waals surface area contributed by atoms with Gasteiger partial charge >= 0.3 is 94.1 Å². The first kappa shape index (κ1) is 26.9. The third-order valence-electron chi connectivity index (χ3n) is 4.62. The molecule has 0 saturated heterocycles. The van der Waals surface area contributed by atoms with E-state index in [-0.39, 0.29) is 21.8 Å². The van der Waals surface area contributed by atoms with E-state index in [1.165, 1.54) is 36.2 Å². The van der Waals surface area contributed by atoms with Crippen LogP contribution in [0, 0.1) is 0 Å². The SMILES string of the molecule is CC(=O)Nc1c(O)cccc1[As](=O)(O)O.CCOC(=O)CCc1ccc(-c2ccccc2)cc1. The minimum atomic E-state index is -5.14. The van der Waals surface area contributed by atoms with Crippen LogP contribution in [0.25, 0.3) is 11.1 Å². The van der Waals surface area contributed by atoms with Crippen molar-refractivity contribution >= 4 is 36.1 Å². The number of carbonyl (C=O) groups excluding carboxylic acids is 2. The third-order valence-corrected chi connectivity index (χ3v) is 6.72. The van der Waals surface area contributed by atoms with Gasteiger partial charge in [0.05, 0.1) is 6.61 Å². The Hall–Kier alpha value is -3.32. The smallest absolute Gasteiger partial charge is 0.306 e. The third kappa shape index (κ3) is 8.55. The van der Waals surface area contributed by atoms with Gasteiger partial charge in [-0.25, -0.2) is 0 Å². The molecule has 0 spiro atoms. The van der Waals surface area contributed by atoms with Crippen molar-refractivity contribution in [2.45, 2.75) is 26.7 Å². The second-order valence-electron chi connectivity index (χ2n) is 7.26. The van der Waals surface area contributed by atoms with Crippen LogP contribution < -0.4 is 9.67 Å². The van der Waals surface area contributed by atoms with Crippen molar-refractivity contribution in [1.82, 2.24) is 0 Å². The van der Waals surface area contributed by atoms with Gasteiger partial charge in [0.1, 0.15) is 0 Å². The van der Waals surface area contributed by atoms with E-state index in [2.05, 4.69) is 41.7 Å². The molecule has 3 aromatic rings. The monoisotopic (exact) mass is 529 g/mol. The van der Waals surface area contributed by atoms with Gasteiger partial charge in [-0.1, -0.05) is 54.6 Å². The van der Waals surface area contributed by atoms with Crippen LogP contribution in [0.3, 0.4) is 0 Å². The average molecular weight is 529 g/mol. The summed E-state index contributed by atoms with van der Waals surface area (Å²) in [5.74, 6) is -1.01. The van der Waals surface area contributed by atoms with Crippen LogP contribution in [0.15, 0.2) is 72.8 Å². The molecule has 0 bridgehead atoms. The van der Waals surface area contributed by atoms with Gasteiger partial charge < -0.3 is 4.74 Å². The summed E-state index contributed by atoms with van der Waals surface area (Å²) in [7, 11) is 0. The zero-order chi connectivity index (χ0) is 25.1. The number of phenols is 1. The Balaban J connectivity index is 0.000000248. The molecule has 3 aromatic carbocycles. The number of hydrogen-bond donors (Lipinski definition) is 4. The van der Waals surface area contributed by atoms with Gasteiger partial charge in [0.15, 0.2) is 0 Å². The number of esters is 1. The zero-order valence-electron chi connectivity index (χ0n) is 19.0. The van der Waals surface area contributed by atoms with E-state index in [9.17, 15) is 18.4 Å². The fourth-order valence-electron chi connectivity index (χ4n) is 3.05. The maximum atomic E-state index is 11.3. The topological polar surface area (TPSA) is 133 Å². The number of phenolic OH excluding ortho intramolecular Hbond substituents is 1. The predicted octanol–water partition coefficient (Wildman–Crippen LogP) is 2.76. The molecule has 0 atom stereocenters. The Morgan fingerprint density at radius 3 is 2.09 bits per heavy atom. The number of nitrogens with one attached hydrogen (secondary N) is 1. The first-order valence-corrected chi connectivity index (χ1v) is 14.0. The van der Waals surface area contributed by atoms with Crippen molar-refractivity contribution in [3.8, 4) is 16.9 Å². The molecule has 1 amide bonds. The van der Waals surface area contributed by atoms with E-state index in [0.717, 1.165) is 12.0 Å². The van der Waals surface area contributed by atoms with Crippen LogP contribution >= 0.6 is 0 Å². The Labute approximate surface area is 201 Å². The normalized spacial score (nSPS) is 10.6. The number of hydrogen-bond acceptors (Lipinski definition) is 5. The number of ether oxygens (including phenoxy) is 1. The molecule has 0 aromatic heterocycles. The molecule has 0 unspecified atom stereocenters. The predicted molar refractivity (Wildman–Crippen MR) is 130 cm³/mol. The van der Waals surface area contributed by atoms with Crippen LogP contribution in [0.4, 0.5) is 5.69 Å². The Morgan fingerprint density at radius 1 is 0.912 bits per heavy atom. The molecule has 0 aliphatic carbocycles. The van der Waals surface area contributed by atoms with Crippen LogP contribution in [0.1, 0.15) is 25.8 Å². The summed E-state index contributed by atoms with van der Waals surface area (Å²) in [6.45, 7) is 3.46. The summed E-state index contributed by atoms with van der Waals surface area (Å²) in [6.07, 6.45) is 1.17. The van der Waals surface area contributed by atoms with Gasteiger partial charge in [-0.15, -0.1) is 0 Å². The molecule has 9 heteroatoms. The van der Waals surface area contributed by atoms with Crippen molar-refractivity contribution in [2.75, 3.05) is 11.9 Å². The zero-order valence-corrected chi connectivity index (χ0v) is 20.8. The largest absolute Gasteiger partial charge is 0.466 e. The Kier molecular flexibility index (Phi) is 10.1. The van der Waals surface area contributed by atoms with Crippen molar-refractivity contribution in [2.24, 2.45) is 0 Å². The molecular formula is C25H28AsNO7. The molecule has 0 aliphatic rings. The molecule has 3 rings (SSSR count). The number of benzene rings is 3. The number of amides is 1. The summed E-state index contributed by atoms with van der Waals surface area (Å²) in [6, 6.07) is 22.3. The molecule has 4 N–H and O–H groups in total. The summed E-state index contributed by atoms with van der Waals surface area (Å²) >= 11 is -5.14. The van der Waals surface area contributed by atoms with E-state index >= 15 is 0 Å². The van der Waals surface area contributed by atoms with E-state index in [4.69, 9.17) is 12.9 Å². The van der Waals surface area contributed by atoms with Crippen molar-refractivity contribution in [3.63, 3.8) is 0 Å². The van der Waals surface area contributed by atoms with Crippen molar-refractivity contribution in [1.29, 1.82) is 0 Å². The van der Waals surface area contributed by atoms with Crippen molar-refractivity contribution < 1.29 is 31.4 Å². The fraction of sp³-hybridized carbons (Fsp3) is 0.200. The minimum absolute atomic E-state index is 0.130. The Morgan fingerprint density at radius 2 is 1.53 bits per heavy atom. The second-order valence-corrected chi connectivity index (χ2v) is 10.6. The molecule has 0 aliphatic heterocycles. The number of aryl methyl sites for hydroxylation is 1. The average Bonchev–Trinajstić information content (AvgIpc) is 2.80. The number of rotatable bonds is 7. The van der Waals surface area contributed by atoms with Gasteiger partial charge in [0, 0.05) is 6.42 Å². The van der Waals surface area contributed by atoms with Gasteiger partial charge in [0.2, 0.25) is 0 Å². The molecule has 34 heavy (non-hydrogen) atoms.